The number of nitrogens with zero attached hydrogens (tertiary/aromatic N) is 1. The Kier molecular flexibility index (Phi) is 4.20. The van der Waals surface area contributed by atoms with Gasteiger partial charge >= 0.3 is 0 Å². The first kappa shape index (κ1) is 11.0. The van der Waals surface area contributed by atoms with Crippen LogP contribution in [0.15, 0.2) is 0 Å². The summed E-state index contributed by atoms with van der Waals surface area (Å²) in [7, 11) is 0. The fraction of sp³-hybridized carbons (Fsp3) is 1.00. The van der Waals surface area contributed by atoms with E-state index in [1.54, 1.807) is 0 Å². The lowest BCUT2D eigenvalue weighted by Crippen LogP contribution is -2.49. The summed E-state index contributed by atoms with van der Waals surface area (Å²) >= 11 is 0. The molecule has 1 saturated heterocycles. The molecule has 0 aromatic rings. The highest BCUT2D eigenvalue weighted by Gasteiger charge is 2.25. The lowest BCUT2D eigenvalue weighted by Gasteiger charge is -2.39. The lowest BCUT2D eigenvalue weighted by molar-refractivity contribution is -0.0288. The quantitative estimate of drug-likeness (QED) is 0.668. The molecule has 0 radical (unpaired) electrons. The van der Waals surface area contributed by atoms with Crippen molar-refractivity contribution in [2.24, 2.45) is 5.92 Å². The van der Waals surface area contributed by atoms with Gasteiger partial charge in [-0.2, -0.15) is 0 Å². The molecule has 0 aromatic heterocycles. The van der Waals surface area contributed by atoms with Crippen molar-refractivity contribution in [1.82, 2.24) is 4.90 Å². The first-order valence-corrected chi connectivity index (χ1v) is 5.44. The van der Waals surface area contributed by atoms with Gasteiger partial charge in [-0.25, -0.2) is 0 Å². The molecule has 1 rings (SSSR count). The van der Waals surface area contributed by atoms with Crippen LogP contribution in [-0.4, -0.2) is 36.7 Å². The zero-order valence-corrected chi connectivity index (χ0v) is 9.42. The number of ether oxygens (including phenoxy) is 1. The standard InChI is InChI=1S/C11H23NO/c1-9(2)7-11-8-13-6-5-12(11)10(3)4/h9-11H,5-8H2,1-4H3. The Bertz CT molecular complexity index is 145. The monoisotopic (exact) mass is 185 g/mol. The van der Waals surface area contributed by atoms with E-state index in [1.807, 2.05) is 0 Å². The van der Waals surface area contributed by atoms with Crippen LogP contribution in [0.5, 0.6) is 0 Å². The third-order valence-corrected chi connectivity index (χ3v) is 2.68. The zero-order valence-electron chi connectivity index (χ0n) is 9.42. The van der Waals surface area contributed by atoms with Crippen LogP contribution in [0, 0.1) is 5.92 Å². The van der Waals surface area contributed by atoms with Crippen molar-refractivity contribution >= 4 is 0 Å². The highest BCUT2D eigenvalue weighted by molar-refractivity contribution is 4.78. The van der Waals surface area contributed by atoms with E-state index in [0.29, 0.717) is 12.1 Å². The molecule has 2 heteroatoms. The molecule has 0 aliphatic carbocycles. The summed E-state index contributed by atoms with van der Waals surface area (Å²) in [6.45, 7) is 12.1. The van der Waals surface area contributed by atoms with Crippen molar-refractivity contribution in [3.05, 3.63) is 0 Å². The molecular formula is C11H23NO. The molecule has 0 saturated carbocycles. The molecule has 1 aliphatic rings. The normalized spacial score (nSPS) is 25.8. The molecule has 1 aliphatic heterocycles. The van der Waals surface area contributed by atoms with E-state index in [2.05, 4.69) is 32.6 Å². The summed E-state index contributed by atoms with van der Waals surface area (Å²) in [5.41, 5.74) is 0. The molecule has 0 amide bonds. The van der Waals surface area contributed by atoms with Gasteiger partial charge in [0, 0.05) is 18.6 Å². The van der Waals surface area contributed by atoms with Crippen LogP contribution in [0.1, 0.15) is 34.1 Å². The maximum Gasteiger partial charge on any atom is 0.0622 e. The maximum absolute atomic E-state index is 5.52. The van der Waals surface area contributed by atoms with Gasteiger partial charge in [-0.05, 0) is 26.2 Å². The Balaban J connectivity index is 2.46. The van der Waals surface area contributed by atoms with Crippen LogP contribution in [0.3, 0.4) is 0 Å². The Labute approximate surface area is 82.3 Å². The summed E-state index contributed by atoms with van der Waals surface area (Å²) in [4.78, 5) is 2.57. The van der Waals surface area contributed by atoms with Crippen LogP contribution in [-0.2, 0) is 4.74 Å². The van der Waals surface area contributed by atoms with Gasteiger partial charge in [0.25, 0.3) is 0 Å². The number of rotatable bonds is 3. The van der Waals surface area contributed by atoms with Gasteiger partial charge in [0.1, 0.15) is 0 Å². The molecule has 78 valence electrons. The Morgan fingerprint density at radius 2 is 2.00 bits per heavy atom. The van der Waals surface area contributed by atoms with Gasteiger partial charge in [-0.3, -0.25) is 4.90 Å². The third kappa shape index (κ3) is 3.28. The first-order chi connectivity index (χ1) is 6.11. The minimum atomic E-state index is 0.647. The van der Waals surface area contributed by atoms with E-state index in [4.69, 9.17) is 4.74 Å². The van der Waals surface area contributed by atoms with Crippen LogP contribution in [0.25, 0.3) is 0 Å². The van der Waals surface area contributed by atoms with E-state index in [9.17, 15) is 0 Å². The second-order valence-electron chi connectivity index (χ2n) is 4.69. The SMILES string of the molecule is CC(C)CC1COCCN1C(C)C. The van der Waals surface area contributed by atoms with E-state index < -0.39 is 0 Å². The Hall–Kier alpha value is -0.0800. The minimum Gasteiger partial charge on any atom is -0.378 e. The smallest absolute Gasteiger partial charge is 0.0622 e. The average molecular weight is 185 g/mol. The van der Waals surface area contributed by atoms with Gasteiger partial charge < -0.3 is 4.74 Å². The molecule has 1 fully saturated rings. The van der Waals surface area contributed by atoms with Gasteiger partial charge in [-0.1, -0.05) is 13.8 Å². The number of hydrogen-bond acceptors (Lipinski definition) is 2. The van der Waals surface area contributed by atoms with E-state index >= 15 is 0 Å². The average Bonchev–Trinajstić information content (AvgIpc) is 2.03. The third-order valence-electron chi connectivity index (χ3n) is 2.68. The van der Waals surface area contributed by atoms with E-state index in [1.165, 1.54) is 6.42 Å². The highest BCUT2D eigenvalue weighted by Crippen LogP contribution is 2.17. The van der Waals surface area contributed by atoms with Gasteiger partial charge in [-0.15, -0.1) is 0 Å². The predicted molar refractivity (Wildman–Crippen MR) is 55.9 cm³/mol. The molecular weight excluding hydrogens is 162 g/mol. The lowest BCUT2D eigenvalue weighted by atomic mass is 10.0. The maximum atomic E-state index is 5.52. The predicted octanol–water partition coefficient (Wildman–Crippen LogP) is 2.14. The largest absolute Gasteiger partial charge is 0.378 e. The highest BCUT2D eigenvalue weighted by atomic mass is 16.5. The summed E-state index contributed by atoms with van der Waals surface area (Å²) in [6.07, 6.45) is 1.26. The van der Waals surface area contributed by atoms with E-state index in [-0.39, 0.29) is 0 Å². The molecule has 2 nitrogen and oxygen atoms in total. The van der Waals surface area contributed by atoms with Crippen molar-refractivity contribution in [3.8, 4) is 0 Å². The zero-order chi connectivity index (χ0) is 9.84. The fourth-order valence-corrected chi connectivity index (χ4v) is 2.10. The van der Waals surface area contributed by atoms with Crippen molar-refractivity contribution in [3.63, 3.8) is 0 Å². The second-order valence-corrected chi connectivity index (χ2v) is 4.69. The molecule has 13 heavy (non-hydrogen) atoms. The van der Waals surface area contributed by atoms with Gasteiger partial charge in [0.15, 0.2) is 0 Å². The number of morpholine rings is 1. The first-order valence-electron chi connectivity index (χ1n) is 5.44. The van der Waals surface area contributed by atoms with Crippen molar-refractivity contribution in [2.75, 3.05) is 19.8 Å². The Morgan fingerprint density at radius 1 is 1.31 bits per heavy atom. The van der Waals surface area contributed by atoms with Crippen LogP contribution in [0.4, 0.5) is 0 Å². The fourth-order valence-electron chi connectivity index (χ4n) is 2.10. The van der Waals surface area contributed by atoms with Crippen LogP contribution in [0.2, 0.25) is 0 Å². The molecule has 1 heterocycles. The molecule has 1 unspecified atom stereocenters. The minimum absolute atomic E-state index is 0.647. The summed E-state index contributed by atoms with van der Waals surface area (Å²) < 4.78 is 5.52. The molecule has 1 atom stereocenters. The van der Waals surface area contributed by atoms with Gasteiger partial charge in [0.05, 0.1) is 13.2 Å². The van der Waals surface area contributed by atoms with Crippen molar-refractivity contribution in [2.45, 2.75) is 46.2 Å². The Morgan fingerprint density at radius 3 is 2.54 bits per heavy atom. The molecule has 0 N–H and O–H groups in total. The summed E-state index contributed by atoms with van der Waals surface area (Å²) in [5, 5.41) is 0. The summed E-state index contributed by atoms with van der Waals surface area (Å²) in [5.74, 6) is 0.771. The summed E-state index contributed by atoms with van der Waals surface area (Å²) in [6, 6.07) is 1.31. The number of hydrogen-bond donors (Lipinski definition) is 0. The topological polar surface area (TPSA) is 12.5 Å². The van der Waals surface area contributed by atoms with E-state index in [0.717, 1.165) is 25.7 Å². The molecule has 0 spiro atoms. The molecule has 0 aromatic carbocycles. The van der Waals surface area contributed by atoms with Gasteiger partial charge in [0.2, 0.25) is 0 Å². The van der Waals surface area contributed by atoms with Crippen LogP contribution >= 0.6 is 0 Å². The second kappa shape index (κ2) is 4.97. The van der Waals surface area contributed by atoms with Crippen LogP contribution < -0.4 is 0 Å². The molecule has 0 bridgehead atoms. The van der Waals surface area contributed by atoms with Crippen molar-refractivity contribution < 1.29 is 4.74 Å². The van der Waals surface area contributed by atoms with Crippen molar-refractivity contribution in [1.29, 1.82) is 0 Å².